The summed E-state index contributed by atoms with van der Waals surface area (Å²) in [7, 11) is 1.33. The highest BCUT2D eigenvalue weighted by Gasteiger charge is 2.24. The predicted octanol–water partition coefficient (Wildman–Crippen LogP) is 3.77. The molecule has 0 unspecified atom stereocenters. The molecule has 5 rings (SSSR count). The first-order valence-corrected chi connectivity index (χ1v) is 11.2. The van der Waals surface area contributed by atoms with Gasteiger partial charge < -0.3 is 15.8 Å². The number of methoxy groups -OCH3 is 1. The van der Waals surface area contributed by atoms with Gasteiger partial charge in [-0.25, -0.2) is 14.8 Å². The summed E-state index contributed by atoms with van der Waals surface area (Å²) in [5, 5.41) is 7.41. The van der Waals surface area contributed by atoms with Gasteiger partial charge in [-0.3, -0.25) is 4.79 Å². The molecule has 0 atom stereocenters. The zero-order valence-corrected chi connectivity index (χ0v) is 19.4. The molecule has 0 radical (unpaired) electrons. The number of rotatable bonds is 6. The molecule has 2 heterocycles. The fourth-order valence-electron chi connectivity index (χ4n) is 3.80. The van der Waals surface area contributed by atoms with Gasteiger partial charge in [0.2, 0.25) is 0 Å². The molecule has 0 aliphatic carbocycles. The monoisotopic (exact) mass is 478 g/mol. The lowest BCUT2D eigenvalue weighted by Crippen LogP contribution is -2.23. The van der Waals surface area contributed by atoms with Gasteiger partial charge in [0.25, 0.3) is 5.91 Å². The number of nitrogens with one attached hydrogen (secondary N) is 1. The van der Waals surface area contributed by atoms with E-state index in [-0.39, 0.29) is 17.3 Å². The van der Waals surface area contributed by atoms with Crippen LogP contribution in [0.15, 0.2) is 84.0 Å². The maximum absolute atomic E-state index is 13.2. The molecule has 0 fully saturated rings. The molecule has 2 aromatic heterocycles. The van der Waals surface area contributed by atoms with Gasteiger partial charge >= 0.3 is 5.97 Å². The van der Waals surface area contributed by atoms with Crippen molar-refractivity contribution in [3.8, 4) is 0 Å². The summed E-state index contributed by atoms with van der Waals surface area (Å²) < 4.78 is 6.13. The van der Waals surface area contributed by atoms with Crippen molar-refractivity contribution in [2.24, 2.45) is 5.10 Å². The number of esters is 1. The Labute approximate surface area is 206 Å². The number of nitrogens with two attached hydrogens (primary N) is 1. The molecule has 0 aliphatic heterocycles. The summed E-state index contributed by atoms with van der Waals surface area (Å²) in [6.07, 6.45) is 1.57. The van der Waals surface area contributed by atoms with Crippen molar-refractivity contribution in [3.63, 3.8) is 0 Å². The van der Waals surface area contributed by atoms with Crippen molar-refractivity contribution < 1.29 is 14.3 Å². The molecule has 0 bridgehead atoms. The highest BCUT2D eigenvalue weighted by molar-refractivity contribution is 6.10. The molecule has 0 saturated carbocycles. The summed E-state index contributed by atoms with van der Waals surface area (Å²) in [6, 6.07) is 23.7. The number of amides is 1. The zero-order chi connectivity index (χ0) is 25.1. The van der Waals surface area contributed by atoms with Crippen molar-refractivity contribution in [1.82, 2.24) is 20.0 Å². The second-order valence-electron chi connectivity index (χ2n) is 7.98. The van der Waals surface area contributed by atoms with Crippen LogP contribution in [0.5, 0.6) is 0 Å². The number of anilines is 1. The summed E-state index contributed by atoms with van der Waals surface area (Å²) in [5.74, 6) is -0.678. The first kappa shape index (κ1) is 22.7. The number of fused-ring (bicyclic) bond motifs is 2. The van der Waals surface area contributed by atoms with Crippen LogP contribution in [0.4, 0.5) is 5.82 Å². The number of carbonyl (C=O) groups excluding carboxylic acids is 2. The van der Waals surface area contributed by atoms with E-state index in [1.54, 1.807) is 30.5 Å². The van der Waals surface area contributed by atoms with Gasteiger partial charge in [0, 0.05) is 6.54 Å². The fourth-order valence-corrected chi connectivity index (χ4v) is 3.80. The minimum absolute atomic E-state index is 0.119. The first-order valence-electron chi connectivity index (χ1n) is 11.2. The van der Waals surface area contributed by atoms with Gasteiger partial charge in [-0.05, 0) is 35.4 Å². The Bertz CT molecular complexity index is 1610. The Morgan fingerprint density at radius 1 is 0.972 bits per heavy atom. The maximum atomic E-state index is 13.2. The quantitative estimate of drug-likeness (QED) is 0.283. The van der Waals surface area contributed by atoms with E-state index >= 15 is 0 Å². The van der Waals surface area contributed by atoms with E-state index in [0.29, 0.717) is 39.9 Å². The third-order valence-corrected chi connectivity index (χ3v) is 5.65. The van der Waals surface area contributed by atoms with E-state index in [9.17, 15) is 9.59 Å². The SMILES string of the molecule is COC(=O)c1ccc(/C=N/n2c(N)c(C(=O)NCc3ccccc3)c3nc4ccccc4nc32)cc1. The molecule has 36 heavy (non-hydrogen) atoms. The summed E-state index contributed by atoms with van der Waals surface area (Å²) in [6.45, 7) is 0.336. The number of carbonyl (C=O) groups is 2. The van der Waals surface area contributed by atoms with E-state index < -0.39 is 5.97 Å². The van der Waals surface area contributed by atoms with Crippen molar-refractivity contribution in [2.75, 3.05) is 12.8 Å². The number of hydrogen-bond donors (Lipinski definition) is 2. The van der Waals surface area contributed by atoms with Crippen molar-refractivity contribution in [3.05, 3.63) is 101 Å². The van der Waals surface area contributed by atoms with Gasteiger partial charge in [0.05, 0.1) is 29.9 Å². The van der Waals surface area contributed by atoms with Crippen LogP contribution in [0.25, 0.3) is 22.2 Å². The summed E-state index contributed by atoms with van der Waals surface area (Å²) in [5.41, 5.74) is 10.8. The van der Waals surface area contributed by atoms with Gasteiger partial charge in [-0.15, -0.1) is 0 Å². The first-order chi connectivity index (χ1) is 17.5. The highest BCUT2D eigenvalue weighted by atomic mass is 16.5. The van der Waals surface area contributed by atoms with Gasteiger partial charge in [-0.1, -0.05) is 54.6 Å². The normalized spacial score (nSPS) is 11.2. The number of nitrogen functional groups attached to an aromatic ring is 1. The number of nitrogens with zero attached hydrogens (tertiary/aromatic N) is 4. The molecular formula is C27H22N6O3. The molecule has 5 aromatic rings. The average Bonchev–Trinajstić information content (AvgIpc) is 3.19. The standard InChI is InChI=1S/C27H22N6O3/c1-36-27(35)19-13-11-18(12-14-19)16-30-33-24(28)22(26(34)29-15-17-7-3-2-4-8-17)23-25(33)32-21-10-6-5-9-20(21)31-23/h2-14,16H,15,28H2,1H3,(H,29,34)/b30-16+. The Morgan fingerprint density at radius 2 is 1.64 bits per heavy atom. The topological polar surface area (TPSA) is 124 Å². The summed E-state index contributed by atoms with van der Waals surface area (Å²) in [4.78, 5) is 34.3. The van der Waals surface area contributed by atoms with E-state index in [2.05, 4.69) is 20.4 Å². The van der Waals surface area contributed by atoms with Crippen LogP contribution in [-0.4, -0.2) is 39.8 Å². The smallest absolute Gasteiger partial charge is 0.337 e. The molecule has 0 aliphatic rings. The third-order valence-electron chi connectivity index (χ3n) is 5.65. The maximum Gasteiger partial charge on any atom is 0.337 e. The molecule has 0 saturated heterocycles. The Morgan fingerprint density at radius 3 is 2.33 bits per heavy atom. The van der Waals surface area contributed by atoms with Crippen LogP contribution in [0, 0.1) is 0 Å². The second-order valence-corrected chi connectivity index (χ2v) is 7.98. The average molecular weight is 479 g/mol. The molecular weight excluding hydrogens is 456 g/mol. The Kier molecular flexibility index (Phi) is 6.10. The molecule has 3 aromatic carbocycles. The molecule has 1 amide bonds. The number of benzene rings is 3. The Balaban J connectivity index is 1.55. The minimum Gasteiger partial charge on any atom is -0.465 e. The van der Waals surface area contributed by atoms with Crippen LogP contribution >= 0.6 is 0 Å². The molecule has 178 valence electrons. The number of para-hydroxylation sites is 2. The number of ether oxygens (including phenoxy) is 1. The molecule has 0 spiro atoms. The number of hydrogen-bond acceptors (Lipinski definition) is 7. The molecule has 9 heteroatoms. The number of aromatic nitrogens is 3. The van der Waals surface area contributed by atoms with Crippen molar-refractivity contribution in [2.45, 2.75) is 6.54 Å². The van der Waals surface area contributed by atoms with Crippen LogP contribution < -0.4 is 11.1 Å². The second kappa shape index (κ2) is 9.67. The van der Waals surface area contributed by atoms with Crippen LogP contribution in [-0.2, 0) is 11.3 Å². The predicted molar refractivity (Wildman–Crippen MR) is 138 cm³/mol. The largest absolute Gasteiger partial charge is 0.465 e. The highest BCUT2D eigenvalue weighted by Crippen LogP contribution is 2.28. The van der Waals surface area contributed by atoms with E-state index in [1.807, 2.05) is 54.6 Å². The van der Waals surface area contributed by atoms with E-state index in [1.165, 1.54) is 11.8 Å². The van der Waals surface area contributed by atoms with Crippen LogP contribution in [0.2, 0.25) is 0 Å². The van der Waals surface area contributed by atoms with Crippen molar-refractivity contribution in [1.29, 1.82) is 0 Å². The van der Waals surface area contributed by atoms with E-state index in [4.69, 9.17) is 10.5 Å². The third kappa shape index (κ3) is 4.37. The van der Waals surface area contributed by atoms with E-state index in [0.717, 1.165) is 5.56 Å². The van der Waals surface area contributed by atoms with Gasteiger partial charge in [0.15, 0.2) is 5.65 Å². The molecule has 3 N–H and O–H groups in total. The van der Waals surface area contributed by atoms with Crippen LogP contribution in [0.1, 0.15) is 31.8 Å². The zero-order valence-electron chi connectivity index (χ0n) is 19.4. The lowest BCUT2D eigenvalue weighted by atomic mass is 10.1. The minimum atomic E-state index is -0.424. The molecule has 9 nitrogen and oxygen atoms in total. The van der Waals surface area contributed by atoms with Gasteiger partial charge in [0.1, 0.15) is 16.9 Å². The van der Waals surface area contributed by atoms with Gasteiger partial charge in [-0.2, -0.15) is 9.78 Å². The lowest BCUT2D eigenvalue weighted by Gasteiger charge is -2.05. The lowest BCUT2D eigenvalue weighted by molar-refractivity contribution is 0.0600. The van der Waals surface area contributed by atoms with Crippen LogP contribution in [0.3, 0.4) is 0 Å². The summed E-state index contributed by atoms with van der Waals surface area (Å²) >= 11 is 0. The fraction of sp³-hybridized carbons (Fsp3) is 0.0741. The Hall–Kier alpha value is -5.05. The van der Waals surface area contributed by atoms with Crippen molar-refractivity contribution >= 4 is 46.1 Å².